The Morgan fingerprint density at radius 2 is 1.73 bits per heavy atom. The topological polar surface area (TPSA) is 67.6 Å². The van der Waals surface area contributed by atoms with Gasteiger partial charge in [0.05, 0.1) is 6.54 Å². The molecule has 1 aliphatic carbocycles. The Kier molecular flexibility index (Phi) is 3.46. The first kappa shape index (κ1) is 10.7. The number of fused-ring (bicyclic) bond motifs is 1. The van der Waals surface area contributed by atoms with E-state index in [0.717, 1.165) is 24.9 Å². The van der Waals surface area contributed by atoms with Crippen LogP contribution in [-0.2, 0) is 0 Å². The number of nitrogens with two attached hydrogens (primary N) is 2. The van der Waals surface area contributed by atoms with Crippen LogP contribution in [0.4, 0.5) is 0 Å². The van der Waals surface area contributed by atoms with Gasteiger partial charge in [-0.05, 0) is 24.7 Å². The summed E-state index contributed by atoms with van der Waals surface area (Å²) in [7, 11) is 0. The number of rotatable bonds is 3. The smallest absolute Gasteiger partial charge is 0.185 e. The van der Waals surface area contributed by atoms with E-state index in [4.69, 9.17) is 11.5 Å². The molecule has 0 unspecified atom stereocenters. The maximum Gasteiger partial charge on any atom is 0.185 e. The number of nitrogens with zero attached hydrogens (tertiary/aromatic N) is 2. The van der Waals surface area contributed by atoms with Crippen LogP contribution in [0.15, 0.2) is 4.99 Å². The molecule has 1 aliphatic heterocycles. The number of guanidine groups is 1. The lowest BCUT2D eigenvalue weighted by atomic mass is 9.82. The third kappa shape index (κ3) is 2.84. The minimum absolute atomic E-state index is 0.214. The van der Waals surface area contributed by atoms with Gasteiger partial charge in [0.15, 0.2) is 5.96 Å². The first-order valence-corrected chi connectivity index (χ1v) is 6.03. The second-order valence-corrected chi connectivity index (χ2v) is 4.87. The van der Waals surface area contributed by atoms with Crippen molar-refractivity contribution >= 4 is 5.96 Å². The van der Waals surface area contributed by atoms with Gasteiger partial charge in [-0.1, -0.05) is 12.8 Å². The maximum absolute atomic E-state index is 5.30. The van der Waals surface area contributed by atoms with Gasteiger partial charge < -0.3 is 16.4 Å². The summed E-state index contributed by atoms with van der Waals surface area (Å²) in [6, 6.07) is 0. The normalized spacial score (nSPS) is 31.2. The Labute approximate surface area is 91.7 Å². The Morgan fingerprint density at radius 1 is 1.13 bits per heavy atom. The predicted octanol–water partition coefficient (Wildman–Crippen LogP) is 0.382. The fraction of sp³-hybridized carbons (Fsp3) is 0.909. The molecule has 4 nitrogen and oxygen atoms in total. The van der Waals surface area contributed by atoms with Crippen LogP contribution in [0.1, 0.15) is 25.7 Å². The van der Waals surface area contributed by atoms with Crippen LogP contribution in [0.5, 0.6) is 0 Å². The average Bonchev–Trinajstić information content (AvgIpc) is 2.59. The summed E-state index contributed by atoms with van der Waals surface area (Å²) in [5.41, 5.74) is 10.6. The molecule has 4 heteroatoms. The number of hydrogen-bond donors (Lipinski definition) is 2. The van der Waals surface area contributed by atoms with Crippen LogP contribution in [0.25, 0.3) is 0 Å². The zero-order valence-corrected chi connectivity index (χ0v) is 9.36. The molecule has 1 saturated carbocycles. The molecule has 4 N–H and O–H groups in total. The van der Waals surface area contributed by atoms with Crippen molar-refractivity contribution in [2.45, 2.75) is 25.7 Å². The van der Waals surface area contributed by atoms with E-state index in [1.54, 1.807) is 0 Å². The highest BCUT2D eigenvalue weighted by Crippen LogP contribution is 2.35. The third-order valence-corrected chi connectivity index (χ3v) is 3.76. The zero-order valence-electron chi connectivity index (χ0n) is 9.36. The van der Waals surface area contributed by atoms with Gasteiger partial charge in [0.2, 0.25) is 0 Å². The van der Waals surface area contributed by atoms with E-state index in [-0.39, 0.29) is 5.96 Å². The highest BCUT2D eigenvalue weighted by Gasteiger charge is 2.33. The lowest BCUT2D eigenvalue weighted by Crippen LogP contribution is -2.27. The molecule has 1 heterocycles. The molecule has 0 radical (unpaired) electrons. The molecule has 2 aliphatic rings. The Hall–Kier alpha value is -0.770. The van der Waals surface area contributed by atoms with Crippen LogP contribution in [0.3, 0.4) is 0 Å². The number of aliphatic imine (C=N–C) groups is 1. The fourth-order valence-electron chi connectivity index (χ4n) is 3.01. The van der Waals surface area contributed by atoms with Gasteiger partial charge in [-0.25, -0.2) is 0 Å². The minimum atomic E-state index is 0.214. The van der Waals surface area contributed by atoms with Crippen molar-refractivity contribution in [3.05, 3.63) is 0 Å². The molecule has 0 bridgehead atoms. The van der Waals surface area contributed by atoms with Crippen LogP contribution in [-0.4, -0.2) is 37.0 Å². The number of hydrogen-bond acceptors (Lipinski definition) is 2. The molecular formula is C11H22N4. The predicted molar refractivity (Wildman–Crippen MR) is 62.6 cm³/mol. The van der Waals surface area contributed by atoms with Crippen LogP contribution < -0.4 is 11.5 Å². The molecule has 1 saturated heterocycles. The van der Waals surface area contributed by atoms with Gasteiger partial charge >= 0.3 is 0 Å². The van der Waals surface area contributed by atoms with Gasteiger partial charge in [0, 0.05) is 19.6 Å². The van der Waals surface area contributed by atoms with Crippen molar-refractivity contribution in [2.75, 3.05) is 26.2 Å². The van der Waals surface area contributed by atoms with Crippen LogP contribution >= 0.6 is 0 Å². The highest BCUT2D eigenvalue weighted by molar-refractivity contribution is 5.75. The van der Waals surface area contributed by atoms with E-state index >= 15 is 0 Å². The summed E-state index contributed by atoms with van der Waals surface area (Å²) in [4.78, 5) is 6.56. The quantitative estimate of drug-likeness (QED) is 0.523. The van der Waals surface area contributed by atoms with Gasteiger partial charge in [-0.15, -0.1) is 0 Å². The zero-order chi connectivity index (χ0) is 10.7. The standard InChI is InChI=1S/C11H22N4/c12-11(13)14-5-6-15-7-9-3-1-2-4-10(9)8-15/h9-10H,1-8H2,(H4,12,13,14)/t9-,10+. The van der Waals surface area contributed by atoms with E-state index in [2.05, 4.69) is 9.89 Å². The van der Waals surface area contributed by atoms with Gasteiger partial charge in [-0.2, -0.15) is 0 Å². The fourth-order valence-corrected chi connectivity index (χ4v) is 3.01. The summed E-state index contributed by atoms with van der Waals surface area (Å²) >= 11 is 0. The van der Waals surface area contributed by atoms with Crippen LogP contribution in [0, 0.1) is 11.8 Å². The molecule has 15 heavy (non-hydrogen) atoms. The van der Waals surface area contributed by atoms with Crippen LogP contribution in [0.2, 0.25) is 0 Å². The SMILES string of the molecule is NC(N)=NCCN1C[C@H]2CCCC[C@H]2C1. The Morgan fingerprint density at radius 3 is 2.27 bits per heavy atom. The molecule has 0 aromatic carbocycles. The second kappa shape index (κ2) is 4.84. The van der Waals surface area contributed by atoms with E-state index in [0.29, 0.717) is 0 Å². The van der Waals surface area contributed by atoms with Crippen molar-refractivity contribution in [1.82, 2.24) is 4.90 Å². The molecule has 0 aromatic rings. The van der Waals surface area contributed by atoms with E-state index in [1.165, 1.54) is 38.8 Å². The lowest BCUT2D eigenvalue weighted by Gasteiger charge is -2.23. The average molecular weight is 210 g/mol. The summed E-state index contributed by atoms with van der Waals surface area (Å²) in [5.74, 6) is 2.13. The largest absolute Gasteiger partial charge is 0.370 e. The van der Waals surface area contributed by atoms with Crippen molar-refractivity contribution in [1.29, 1.82) is 0 Å². The molecular weight excluding hydrogens is 188 g/mol. The molecule has 2 rings (SSSR count). The van der Waals surface area contributed by atoms with Gasteiger partial charge in [0.25, 0.3) is 0 Å². The first-order valence-electron chi connectivity index (χ1n) is 6.03. The highest BCUT2D eigenvalue weighted by atomic mass is 15.2. The molecule has 0 amide bonds. The van der Waals surface area contributed by atoms with Gasteiger partial charge in [0.1, 0.15) is 0 Å². The summed E-state index contributed by atoms with van der Waals surface area (Å²) < 4.78 is 0. The summed E-state index contributed by atoms with van der Waals surface area (Å²) in [6.45, 7) is 4.31. The lowest BCUT2D eigenvalue weighted by molar-refractivity contribution is 0.299. The monoisotopic (exact) mass is 210 g/mol. The maximum atomic E-state index is 5.30. The molecule has 2 fully saturated rings. The Balaban J connectivity index is 1.74. The Bertz CT molecular complexity index is 221. The minimum Gasteiger partial charge on any atom is -0.370 e. The molecule has 0 aromatic heterocycles. The van der Waals surface area contributed by atoms with Crippen molar-refractivity contribution in [3.8, 4) is 0 Å². The van der Waals surface area contributed by atoms with Crippen molar-refractivity contribution in [3.63, 3.8) is 0 Å². The molecule has 0 spiro atoms. The summed E-state index contributed by atoms with van der Waals surface area (Å²) in [6.07, 6.45) is 5.73. The van der Waals surface area contributed by atoms with E-state index in [9.17, 15) is 0 Å². The summed E-state index contributed by atoms with van der Waals surface area (Å²) in [5, 5.41) is 0. The van der Waals surface area contributed by atoms with Gasteiger partial charge in [-0.3, -0.25) is 4.99 Å². The van der Waals surface area contributed by atoms with Crippen molar-refractivity contribution < 1.29 is 0 Å². The third-order valence-electron chi connectivity index (χ3n) is 3.76. The molecule has 2 atom stereocenters. The second-order valence-electron chi connectivity index (χ2n) is 4.87. The van der Waals surface area contributed by atoms with E-state index < -0.39 is 0 Å². The van der Waals surface area contributed by atoms with E-state index in [1.807, 2.05) is 0 Å². The first-order chi connectivity index (χ1) is 7.25. The molecule has 86 valence electrons. The van der Waals surface area contributed by atoms with Crippen molar-refractivity contribution in [2.24, 2.45) is 28.3 Å². The number of likely N-dealkylation sites (tertiary alicyclic amines) is 1.